The molecule has 3 rings (SSSR count). The molecule has 90 valence electrons. The Morgan fingerprint density at radius 1 is 1.06 bits per heavy atom. The quantitative estimate of drug-likeness (QED) is 0.626. The number of halogens is 1. The zero-order chi connectivity index (χ0) is 12.7. The van der Waals surface area contributed by atoms with Gasteiger partial charge in [0.2, 0.25) is 5.95 Å². The maximum atomic E-state index is 6.18. The molecule has 1 aromatic carbocycles. The summed E-state index contributed by atoms with van der Waals surface area (Å²) < 4.78 is 0. The summed E-state index contributed by atoms with van der Waals surface area (Å²) >= 11 is 6.18. The normalized spacial score (nSPS) is 10.9. The second-order valence-electron chi connectivity index (χ2n) is 3.87. The van der Waals surface area contributed by atoms with Gasteiger partial charge in [0.25, 0.3) is 0 Å². The topological polar surface area (TPSA) is 93.6 Å². The molecule has 0 unspecified atom stereocenters. The van der Waals surface area contributed by atoms with Gasteiger partial charge in [-0.3, -0.25) is 0 Å². The zero-order valence-electron chi connectivity index (χ0n) is 9.31. The van der Waals surface area contributed by atoms with Crippen molar-refractivity contribution in [2.45, 2.75) is 0 Å². The Balaban J connectivity index is 2.35. The Morgan fingerprint density at radius 2 is 1.83 bits per heavy atom. The van der Waals surface area contributed by atoms with Crippen LogP contribution >= 0.6 is 11.6 Å². The molecule has 0 saturated carbocycles. The Labute approximate surface area is 108 Å². The van der Waals surface area contributed by atoms with Crippen LogP contribution in [0.2, 0.25) is 5.02 Å². The number of nitrogens with zero attached hydrogens (tertiary/aromatic N) is 2. The van der Waals surface area contributed by atoms with E-state index in [0.29, 0.717) is 16.5 Å². The first-order valence-electron chi connectivity index (χ1n) is 5.32. The monoisotopic (exact) mass is 259 g/mol. The van der Waals surface area contributed by atoms with Gasteiger partial charge in [-0.1, -0.05) is 29.8 Å². The van der Waals surface area contributed by atoms with Gasteiger partial charge in [0, 0.05) is 22.3 Å². The Bertz CT molecular complexity index is 734. The molecule has 3 aromatic rings. The van der Waals surface area contributed by atoms with E-state index in [9.17, 15) is 0 Å². The van der Waals surface area contributed by atoms with Crippen molar-refractivity contribution in [1.82, 2.24) is 15.0 Å². The van der Waals surface area contributed by atoms with Crippen LogP contribution < -0.4 is 11.5 Å². The minimum absolute atomic E-state index is 0.146. The number of rotatable bonds is 1. The third-order valence-electron chi connectivity index (χ3n) is 2.74. The van der Waals surface area contributed by atoms with Crippen molar-refractivity contribution in [3.8, 4) is 11.1 Å². The molecule has 5 nitrogen and oxygen atoms in total. The number of anilines is 2. The maximum absolute atomic E-state index is 6.18. The smallest absolute Gasteiger partial charge is 0.223 e. The van der Waals surface area contributed by atoms with Crippen molar-refractivity contribution >= 4 is 34.4 Å². The Morgan fingerprint density at radius 3 is 2.61 bits per heavy atom. The van der Waals surface area contributed by atoms with Gasteiger partial charge in [0.1, 0.15) is 11.5 Å². The predicted molar refractivity (Wildman–Crippen MR) is 73.2 cm³/mol. The van der Waals surface area contributed by atoms with Crippen molar-refractivity contribution in [3.63, 3.8) is 0 Å². The lowest BCUT2D eigenvalue weighted by Gasteiger charge is -2.04. The van der Waals surface area contributed by atoms with E-state index in [0.717, 1.165) is 16.5 Å². The van der Waals surface area contributed by atoms with E-state index >= 15 is 0 Å². The SMILES string of the molecule is Nc1nc(N)c2c(-c3ccccc3Cl)c[nH]c2n1. The number of aromatic nitrogens is 3. The first kappa shape index (κ1) is 10.9. The van der Waals surface area contributed by atoms with Crippen molar-refractivity contribution in [1.29, 1.82) is 0 Å². The fraction of sp³-hybridized carbons (Fsp3) is 0. The highest BCUT2D eigenvalue weighted by molar-refractivity contribution is 6.33. The van der Waals surface area contributed by atoms with Crippen molar-refractivity contribution < 1.29 is 0 Å². The largest absolute Gasteiger partial charge is 0.383 e. The number of nitrogen functional groups attached to an aromatic ring is 2. The molecule has 0 spiro atoms. The molecule has 0 aliphatic carbocycles. The lowest BCUT2D eigenvalue weighted by molar-refractivity contribution is 1.22. The van der Waals surface area contributed by atoms with Crippen LogP contribution in [0.15, 0.2) is 30.5 Å². The van der Waals surface area contributed by atoms with Gasteiger partial charge in [0.15, 0.2) is 0 Å². The lowest BCUT2D eigenvalue weighted by atomic mass is 10.1. The molecule has 0 atom stereocenters. The highest BCUT2D eigenvalue weighted by Gasteiger charge is 2.13. The fourth-order valence-corrected chi connectivity index (χ4v) is 2.21. The molecular weight excluding hydrogens is 250 g/mol. The summed E-state index contributed by atoms with van der Waals surface area (Å²) in [7, 11) is 0. The molecular formula is C12H10ClN5. The van der Waals surface area contributed by atoms with Gasteiger partial charge in [-0.2, -0.15) is 9.97 Å². The summed E-state index contributed by atoms with van der Waals surface area (Å²) in [5.74, 6) is 0.487. The molecule has 0 saturated heterocycles. The first-order valence-corrected chi connectivity index (χ1v) is 5.69. The number of hydrogen-bond donors (Lipinski definition) is 3. The van der Waals surface area contributed by atoms with Crippen molar-refractivity contribution in [2.75, 3.05) is 11.5 Å². The van der Waals surface area contributed by atoms with Crippen LogP contribution in [0.3, 0.4) is 0 Å². The van der Waals surface area contributed by atoms with Crippen LogP contribution in [-0.4, -0.2) is 15.0 Å². The molecule has 0 fully saturated rings. The van der Waals surface area contributed by atoms with Gasteiger partial charge in [-0.05, 0) is 6.07 Å². The highest BCUT2D eigenvalue weighted by atomic mass is 35.5. The summed E-state index contributed by atoms with van der Waals surface area (Å²) in [5, 5.41) is 1.38. The van der Waals surface area contributed by atoms with E-state index in [2.05, 4.69) is 15.0 Å². The lowest BCUT2D eigenvalue weighted by Crippen LogP contribution is -2.00. The van der Waals surface area contributed by atoms with Gasteiger partial charge in [0.05, 0.1) is 5.39 Å². The molecule has 0 radical (unpaired) electrons. The maximum Gasteiger partial charge on any atom is 0.223 e. The number of H-pyrrole nitrogens is 1. The minimum atomic E-state index is 0.146. The van der Waals surface area contributed by atoms with E-state index < -0.39 is 0 Å². The van der Waals surface area contributed by atoms with E-state index in [1.807, 2.05) is 24.3 Å². The second kappa shape index (κ2) is 3.89. The number of aromatic amines is 1. The van der Waals surface area contributed by atoms with Crippen LogP contribution in [0.25, 0.3) is 22.2 Å². The molecule has 0 aliphatic heterocycles. The summed E-state index contributed by atoms with van der Waals surface area (Å²) in [6, 6.07) is 7.53. The molecule has 0 amide bonds. The van der Waals surface area contributed by atoms with E-state index in [1.165, 1.54) is 0 Å². The van der Waals surface area contributed by atoms with Crippen LogP contribution in [0.5, 0.6) is 0 Å². The van der Waals surface area contributed by atoms with Crippen molar-refractivity contribution in [3.05, 3.63) is 35.5 Å². The number of fused-ring (bicyclic) bond motifs is 1. The average molecular weight is 260 g/mol. The number of nitrogens with two attached hydrogens (primary N) is 2. The fourth-order valence-electron chi connectivity index (χ4n) is 1.97. The molecule has 0 aliphatic rings. The minimum Gasteiger partial charge on any atom is -0.383 e. The van der Waals surface area contributed by atoms with Crippen LogP contribution in [-0.2, 0) is 0 Å². The molecule has 18 heavy (non-hydrogen) atoms. The Kier molecular flexibility index (Phi) is 2.34. The molecule has 2 aromatic heterocycles. The number of benzene rings is 1. The van der Waals surface area contributed by atoms with Gasteiger partial charge < -0.3 is 16.5 Å². The molecule has 5 N–H and O–H groups in total. The van der Waals surface area contributed by atoms with Crippen LogP contribution in [0.4, 0.5) is 11.8 Å². The summed E-state index contributed by atoms with van der Waals surface area (Å²) in [5.41, 5.74) is 13.8. The van der Waals surface area contributed by atoms with Crippen LogP contribution in [0, 0.1) is 0 Å². The Hall–Kier alpha value is -2.27. The standard InChI is InChI=1S/C12H10ClN5/c13-8-4-2-1-3-6(8)7-5-16-11-9(7)10(14)17-12(15)18-11/h1-5H,(H5,14,15,16,17,18). The van der Waals surface area contributed by atoms with Gasteiger partial charge in [-0.15, -0.1) is 0 Å². The highest BCUT2D eigenvalue weighted by Crippen LogP contribution is 2.35. The molecule has 2 heterocycles. The van der Waals surface area contributed by atoms with Gasteiger partial charge in [-0.25, -0.2) is 0 Å². The summed E-state index contributed by atoms with van der Waals surface area (Å²) in [4.78, 5) is 11.1. The first-order chi connectivity index (χ1) is 8.66. The van der Waals surface area contributed by atoms with Gasteiger partial charge >= 0.3 is 0 Å². The third kappa shape index (κ3) is 1.56. The number of hydrogen-bond acceptors (Lipinski definition) is 4. The van der Waals surface area contributed by atoms with E-state index in [1.54, 1.807) is 6.20 Å². The predicted octanol–water partition coefficient (Wildman–Crippen LogP) is 2.44. The summed E-state index contributed by atoms with van der Waals surface area (Å²) in [6.45, 7) is 0. The molecule has 0 bridgehead atoms. The summed E-state index contributed by atoms with van der Waals surface area (Å²) in [6.07, 6.45) is 1.80. The average Bonchev–Trinajstić information content (AvgIpc) is 2.73. The second-order valence-corrected chi connectivity index (χ2v) is 4.28. The third-order valence-corrected chi connectivity index (χ3v) is 3.07. The van der Waals surface area contributed by atoms with Crippen LogP contribution in [0.1, 0.15) is 0 Å². The zero-order valence-corrected chi connectivity index (χ0v) is 10.1. The van der Waals surface area contributed by atoms with E-state index in [-0.39, 0.29) is 5.95 Å². The van der Waals surface area contributed by atoms with E-state index in [4.69, 9.17) is 23.1 Å². The number of nitrogens with one attached hydrogen (secondary N) is 1. The molecule has 6 heteroatoms. The van der Waals surface area contributed by atoms with Crippen molar-refractivity contribution in [2.24, 2.45) is 0 Å².